The zero-order chi connectivity index (χ0) is 38.9. The number of para-hydroxylation sites is 4. The van der Waals surface area contributed by atoms with Gasteiger partial charge in [-0.1, -0.05) is 146 Å². The first-order chi connectivity index (χ1) is 29.2. The van der Waals surface area contributed by atoms with Crippen molar-refractivity contribution in [1.82, 2.24) is 14.5 Å². The van der Waals surface area contributed by atoms with Crippen LogP contribution in [-0.2, 0) is 0 Å². The van der Waals surface area contributed by atoms with Crippen molar-refractivity contribution >= 4 is 60.5 Å². The summed E-state index contributed by atoms with van der Waals surface area (Å²) in [7, 11) is 0. The van der Waals surface area contributed by atoms with Crippen LogP contribution in [0.4, 0.5) is 17.1 Å². The number of nitrogens with zero attached hydrogens (tertiary/aromatic N) is 4. The zero-order valence-corrected chi connectivity index (χ0v) is 31.8. The molecule has 0 fully saturated rings. The van der Waals surface area contributed by atoms with Crippen LogP contribution in [0.15, 0.2) is 206 Å². The third kappa shape index (κ3) is 5.40. The summed E-state index contributed by atoms with van der Waals surface area (Å²) in [6.07, 6.45) is 0. The Morgan fingerprint density at radius 1 is 0.390 bits per heavy atom. The average molecular weight is 755 g/mol. The molecule has 59 heavy (non-hydrogen) atoms. The lowest BCUT2D eigenvalue weighted by molar-refractivity contribution is 0.477. The van der Waals surface area contributed by atoms with Crippen LogP contribution in [0.1, 0.15) is 0 Å². The van der Waals surface area contributed by atoms with Crippen LogP contribution in [0.3, 0.4) is 0 Å². The molecule has 0 atom stereocenters. The molecular formula is C54H34N4O. The summed E-state index contributed by atoms with van der Waals surface area (Å²) in [6.45, 7) is 0. The van der Waals surface area contributed by atoms with Crippen molar-refractivity contribution in [3.8, 4) is 51.0 Å². The number of rotatable bonds is 5. The monoisotopic (exact) mass is 754 g/mol. The number of ether oxygens (including phenoxy) is 1. The van der Waals surface area contributed by atoms with Gasteiger partial charge in [0.1, 0.15) is 0 Å². The molecule has 5 heteroatoms. The molecule has 12 rings (SSSR count). The third-order valence-electron chi connectivity index (χ3n) is 11.6. The van der Waals surface area contributed by atoms with Gasteiger partial charge in [-0.25, -0.2) is 9.97 Å². The topological polar surface area (TPSA) is 43.2 Å². The number of benzene rings is 9. The predicted octanol–water partition coefficient (Wildman–Crippen LogP) is 14.5. The maximum absolute atomic E-state index is 6.62. The third-order valence-corrected chi connectivity index (χ3v) is 11.6. The van der Waals surface area contributed by atoms with Gasteiger partial charge >= 0.3 is 0 Å². The molecule has 0 bridgehead atoms. The number of fused-ring (bicyclic) bond motifs is 8. The lowest BCUT2D eigenvalue weighted by atomic mass is 9.99. The summed E-state index contributed by atoms with van der Waals surface area (Å²) < 4.78 is 8.85. The van der Waals surface area contributed by atoms with Crippen molar-refractivity contribution in [3.63, 3.8) is 0 Å². The Balaban J connectivity index is 1.04. The maximum Gasteiger partial charge on any atom is 0.235 e. The normalized spacial score (nSPS) is 12.2. The van der Waals surface area contributed by atoms with Crippen LogP contribution in [0.2, 0.25) is 0 Å². The molecule has 1 aliphatic heterocycles. The largest absolute Gasteiger partial charge is 0.453 e. The Bertz CT molecular complexity index is 3410. The second kappa shape index (κ2) is 13.3. The fourth-order valence-electron chi connectivity index (χ4n) is 8.81. The van der Waals surface area contributed by atoms with E-state index in [9.17, 15) is 0 Å². The average Bonchev–Trinajstić information content (AvgIpc) is 3.65. The molecule has 0 saturated carbocycles. The number of hydrogen-bond acceptors (Lipinski definition) is 4. The minimum atomic E-state index is 0.635. The Morgan fingerprint density at radius 2 is 1.02 bits per heavy atom. The van der Waals surface area contributed by atoms with Gasteiger partial charge in [0.25, 0.3) is 0 Å². The van der Waals surface area contributed by atoms with E-state index in [0.717, 1.165) is 78.3 Å². The summed E-state index contributed by atoms with van der Waals surface area (Å²) in [5.41, 5.74) is 12.6. The van der Waals surface area contributed by atoms with E-state index in [1.54, 1.807) is 0 Å². The standard InChI is InChI=1S/C54H34N4O/c1-3-13-35(14-4-1)36-23-25-38(26-24-36)53-43-19-9-10-20-45(43)55-54(56-53)58-46-30-28-39(33-44(46)52-42-18-8-7-15-37(42)27-32-49(52)58)40-29-31-48-51(34-40)59-50-22-12-11-21-47(50)57(48)41-16-5-2-6-17-41/h1-34H. The zero-order valence-electron chi connectivity index (χ0n) is 31.8. The fraction of sp³-hybridized carbons (Fsp3) is 0. The molecule has 0 radical (unpaired) electrons. The lowest BCUT2D eigenvalue weighted by Gasteiger charge is -2.33. The van der Waals surface area contributed by atoms with Crippen molar-refractivity contribution in [1.29, 1.82) is 0 Å². The summed E-state index contributed by atoms with van der Waals surface area (Å²) in [6, 6.07) is 72.5. The van der Waals surface area contributed by atoms with Crippen LogP contribution in [-0.4, -0.2) is 14.5 Å². The van der Waals surface area contributed by atoms with Crippen LogP contribution < -0.4 is 9.64 Å². The van der Waals surface area contributed by atoms with E-state index in [1.807, 2.05) is 30.3 Å². The second-order valence-electron chi connectivity index (χ2n) is 15.0. The highest BCUT2D eigenvalue weighted by Gasteiger charge is 2.26. The highest BCUT2D eigenvalue weighted by atomic mass is 16.5. The Labute approximate surface area is 340 Å². The molecule has 0 N–H and O–H groups in total. The van der Waals surface area contributed by atoms with E-state index in [-0.39, 0.29) is 0 Å². The first kappa shape index (κ1) is 33.2. The van der Waals surface area contributed by atoms with Gasteiger partial charge in [-0.2, -0.15) is 0 Å². The number of anilines is 3. The number of aromatic nitrogens is 3. The summed E-state index contributed by atoms with van der Waals surface area (Å²) in [4.78, 5) is 12.9. The Hall–Kier alpha value is -8.02. The lowest BCUT2D eigenvalue weighted by Crippen LogP contribution is -2.15. The minimum absolute atomic E-state index is 0.635. The number of hydrogen-bond donors (Lipinski definition) is 0. The van der Waals surface area contributed by atoms with Crippen molar-refractivity contribution < 1.29 is 4.74 Å². The SMILES string of the molecule is c1ccc(-c2ccc(-c3nc(-n4c5ccc(-c6ccc7c(c6)Oc6ccccc6N7c6ccccc6)cc5c5c6ccccc6ccc54)nc4ccccc34)cc2)cc1. The van der Waals surface area contributed by atoms with Gasteiger partial charge in [0.15, 0.2) is 11.5 Å². The second-order valence-corrected chi connectivity index (χ2v) is 15.0. The molecule has 276 valence electrons. The molecule has 0 spiro atoms. The molecule has 0 aliphatic carbocycles. The van der Waals surface area contributed by atoms with Gasteiger partial charge in [0.2, 0.25) is 5.95 Å². The Morgan fingerprint density at radius 3 is 1.88 bits per heavy atom. The highest BCUT2D eigenvalue weighted by Crippen LogP contribution is 2.51. The van der Waals surface area contributed by atoms with E-state index in [4.69, 9.17) is 14.7 Å². The quantitative estimate of drug-likeness (QED) is 0.175. The molecule has 9 aromatic carbocycles. The first-order valence-corrected chi connectivity index (χ1v) is 19.9. The van der Waals surface area contributed by atoms with Crippen molar-refractivity contribution in [2.45, 2.75) is 0 Å². The van der Waals surface area contributed by atoms with E-state index >= 15 is 0 Å². The van der Waals surface area contributed by atoms with Crippen LogP contribution in [0.5, 0.6) is 11.5 Å². The fourth-order valence-corrected chi connectivity index (χ4v) is 8.81. The molecule has 5 nitrogen and oxygen atoms in total. The summed E-state index contributed by atoms with van der Waals surface area (Å²) in [5.74, 6) is 2.27. The predicted molar refractivity (Wildman–Crippen MR) is 242 cm³/mol. The van der Waals surface area contributed by atoms with Crippen molar-refractivity contribution in [2.24, 2.45) is 0 Å². The molecule has 0 saturated heterocycles. The van der Waals surface area contributed by atoms with Crippen molar-refractivity contribution in [2.75, 3.05) is 4.90 Å². The van der Waals surface area contributed by atoms with Gasteiger partial charge in [-0.3, -0.25) is 4.57 Å². The van der Waals surface area contributed by atoms with Gasteiger partial charge in [-0.05, 0) is 93.7 Å². The van der Waals surface area contributed by atoms with Gasteiger partial charge < -0.3 is 9.64 Å². The Kier molecular flexibility index (Phi) is 7.47. The van der Waals surface area contributed by atoms with Gasteiger partial charge in [0.05, 0.1) is 33.6 Å². The maximum atomic E-state index is 6.62. The van der Waals surface area contributed by atoms with Crippen LogP contribution in [0.25, 0.3) is 82.9 Å². The molecule has 0 amide bonds. The summed E-state index contributed by atoms with van der Waals surface area (Å²) >= 11 is 0. The molecule has 0 unspecified atom stereocenters. The highest BCUT2D eigenvalue weighted by molar-refractivity contribution is 6.22. The summed E-state index contributed by atoms with van der Waals surface area (Å²) in [5, 5.41) is 5.69. The molecule has 1 aliphatic rings. The van der Waals surface area contributed by atoms with E-state index < -0.39 is 0 Å². The van der Waals surface area contributed by atoms with Crippen molar-refractivity contribution in [3.05, 3.63) is 206 Å². The van der Waals surface area contributed by atoms with Crippen LogP contribution in [0, 0.1) is 0 Å². The van der Waals surface area contributed by atoms with E-state index in [2.05, 4.69) is 185 Å². The van der Waals surface area contributed by atoms with E-state index in [0.29, 0.717) is 5.95 Å². The molecule has 11 aromatic rings. The smallest absolute Gasteiger partial charge is 0.235 e. The molecule has 2 aromatic heterocycles. The molecule has 3 heterocycles. The van der Waals surface area contributed by atoms with Gasteiger partial charge in [0, 0.05) is 27.4 Å². The minimum Gasteiger partial charge on any atom is -0.453 e. The van der Waals surface area contributed by atoms with Gasteiger partial charge in [-0.15, -0.1) is 0 Å². The first-order valence-electron chi connectivity index (χ1n) is 19.9. The molecular weight excluding hydrogens is 721 g/mol. The van der Waals surface area contributed by atoms with Crippen LogP contribution >= 0.6 is 0 Å². The van der Waals surface area contributed by atoms with E-state index in [1.165, 1.54) is 27.3 Å².